The van der Waals surface area contributed by atoms with E-state index in [9.17, 15) is 29.7 Å². The van der Waals surface area contributed by atoms with Crippen LogP contribution in [0.25, 0.3) is 0 Å². The van der Waals surface area contributed by atoms with Crippen molar-refractivity contribution in [2.24, 2.45) is 46.3 Å². The number of H-pyrrole nitrogens is 1. The molecule has 2 aromatic heterocycles. The summed E-state index contributed by atoms with van der Waals surface area (Å²) < 4.78 is 26.9. The Morgan fingerprint density at radius 1 is 1.06 bits per heavy atom. The van der Waals surface area contributed by atoms with Crippen LogP contribution in [0.2, 0.25) is 0 Å². The van der Waals surface area contributed by atoms with Gasteiger partial charge < -0.3 is 34.3 Å². The Labute approximate surface area is 314 Å². The Bertz CT molecular complexity index is 1830. The van der Waals surface area contributed by atoms with Gasteiger partial charge in [-0.15, -0.1) is 5.10 Å². The minimum atomic E-state index is -0.905. The highest BCUT2D eigenvalue weighted by atomic mass is 16.8. The van der Waals surface area contributed by atoms with Gasteiger partial charge in [0.2, 0.25) is 0 Å². The van der Waals surface area contributed by atoms with Crippen molar-refractivity contribution >= 4 is 5.97 Å². The summed E-state index contributed by atoms with van der Waals surface area (Å²) in [6.45, 7) is 10.5. The minimum Gasteiger partial charge on any atom is -0.459 e. The van der Waals surface area contributed by atoms with E-state index in [4.69, 9.17) is 18.9 Å². The summed E-state index contributed by atoms with van der Waals surface area (Å²) in [4.78, 5) is 39.4. The van der Waals surface area contributed by atoms with E-state index in [1.165, 1.54) is 16.8 Å². The fourth-order valence-corrected chi connectivity index (χ4v) is 12.2. The largest absolute Gasteiger partial charge is 0.459 e. The molecule has 4 N–H and O–H groups in total. The van der Waals surface area contributed by atoms with Crippen LogP contribution in [0.4, 0.5) is 0 Å². The van der Waals surface area contributed by atoms with Crippen LogP contribution in [0.15, 0.2) is 28.0 Å². The van der Waals surface area contributed by atoms with Crippen molar-refractivity contribution in [3.8, 4) is 0 Å². The molecule has 15 nitrogen and oxygen atoms in total. The monoisotopic (exact) mass is 755 g/mol. The Balaban J connectivity index is 0.850. The van der Waals surface area contributed by atoms with E-state index in [1.807, 2.05) is 0 Å². The molecule has 2 saturated heterocycles. The van der Waals surface area contributed by atoms with Crippen LogP contribution < -0.4 is 11.2 Å². The summed E-state index contributed by atoms with van der Waals surface area (Å²) in [5.74, 6) is 0.108. The molecular formula is C39H57N5O10. The minimum absolute atomic E-state index is 0.0328. The van der Waals surface area contributed by atoms with E-state index < -0.39 is 53.8 Å². The van der Waals surface area contributed by atoms with E-state index in [1.54, 1.807) is 24.7 Å². The average Bonchev–Trinajstić information content (AvgIpc) is 3.87. The lowest BCUT2D eigenvalue weighted by atomic mass is 9.43. The standard InChI is InChI=1S/C39H57N5O10/c1-20(24-7-8-25-32-26(16-29(47)39(24,25)5)38(4)12-10-23(45)14-21(38)15-27(32)46)6-9-31(49)51-19-22-17-43(42-41-22)18-28-33-34(54-37(2,3)53-33)35(52-28)44-13-11-30(48)40-36(44)50/h11,13,17,20-21,23-29,32-35,45-47H,6-10,12,14-16,18-19H2,1-5H3,(H,40,48,50)/t20?,21?,23-,24-,25?,26?,27-,28?,29+,32?,33-,34-,35?,38+,39-/m1/s1. The Morgan fingerprint density at radius 3 is 2.61 bits per heavy atom. The van der Waals surface area contributed by atoms with E-state index >= 15 is 0 Å². The topological polar surface area (TPSA) is 200 Å². The van der Waals surface area contributed by atoms with Gasteiger partial charge in [-0.05, 0) is 112 Å². The van der Waals surface area contributed by atoms with E-state index in [0.717, 1.165) is 38.5 Å². The molecule has 54 heavy (non-hydrogen) atoms. The van der Waals surface area contributed by atoms with E-state index in [0.29, 0.717) is 18.5 Å². The lowest BCUT2D eigenvalue weighted by Gasteiger charge is -2.63. The summed E-state index contributed by atoms with van der Waals surface area (Å²) in [6.07, 6.45) is 6.13. The molecule has 0 spiro atoms. The van der Waals surface area contributed by atoms with Gasteiger partial charge in [0.15, 0.2) is 12.0 Å². The van der Waals surface area contributed by atoms with Gasteiger partial charge in [0.1, 0.15) is 30.6 Å². The van der Waals surface area contributed by atoms with E-state index in [2.05, 4.69) is 36.1 Å². The zero-order valence-electron chi connectivity index (χ0n) is 32.0. The number of aromatic amines is 1. The number of fused-ring (bicyclic) bond motifs is 6. The van der Waals surface area contributed by atoms with Gasteiger partial charge in [-0.3, -0.25) is 19.1 Å². The predicted octanol–water partition coefficient (Wildman–Crippen LogP) is 2.67. The number of carbonyl (C=O) groups is 1. The molecule has 15 atom stereocenters. The number of aliphatic hydroxyl groups is 3. The molecule has 0 radical (unpaired) electrons. The maximum absolute atomic E-state index is 13.0. The van der Waals surface area contributed by atoms with E-state index in [-0.39, 0.29) is 78.0 Å². The number of ether oxygens (including phenoxy) is 4. The number of carbonyl (C=O) groups excluding carboxylic acids is 1. The molecule has 6 aliphatic rings. The quantitative estimate of drug-likeness (QED) is 0.273. The maximum Gasteiger partial charge on any atom is 0.330 e. The van der Waals surface area contributed by atoms with Crippen molar-refractivity contribution in [3.05, 3.63) is 45.0 Å². The first-order valence-corrected chi connectivity index (χ1v) is 20.0. The predicted molar refractivity (Wildman–Crippen MR) is 191 cm³/mol. The molecule has 4 heterocycles. The zero-order valence-corrected chi connectivity index (χ0v) is 32.0. The van der Waals surface area contributed by atoms with Crippen LogP contribution in [-0.4, -0.2) is 88.2 Å². The Morgan fingerprint density at radius 2 is 1.83 bits per heavy atom. The fraction of sp³-hybridized carbons (Fsp3) is 0.821. The number of rotatable bonds is 9. The lowest BCUT2D eigenvalue weighted by Crippen LogP contribution is -2.62. The van der Waals surface area contributed by atoms with Gasteiger partial charge in [0.05, 0.1) is 31.1 Å². The van der Waals surface area contributed by atoms with Crippen LogP contribution in [0.1, 0.15) is 104 Å². The first kappa shape index (κ1) is 37.9. The number of esters is 1. The number of nitrogens with one attached hydrogen (secondary N) is 1. The van der Waals surface area contributed by atoms with Gasteiger partial charge in [0.25, 0.3) is 5.56 Å². The first-order valence-electron chi connectivity index (χ1n) is 20.0. The highest BCUT2D eigenvalue weighted by Gasteiger charge is 2.66. The Kier molecular flexibility index (Phi) is 9.77. The van der Waals surface area contributed by atoms with Crippen molar-refractivity contribution < 1.29 is 39.1 Å². The molecule has 0 aromatic carbocycles. The molecule has 298 valence electrons. The maximum atomic E-state index is 13.0. The summed E-state index contributed by atoms with van der Waals surface area (Å²) in [5, 5.41) is 42.3. The molecule has 0 bridgehead atoms. The molecule has 0 amide bonds. The number of nitrogens with zero attached hydrogens (tertiary/aromatic N) is 4. The highest BCUT2D eigenvalue weighted by molar-refractivity contribution is 5.69. The van der Waals surface area contributed by atoms with Crippen molar-refractivity contribution in [1.82, 2.24) is 24.5 Å². The second-order valence-electron chi connectivity index (χ2n) is 18.3. The van der Waals surface area contributed by atoms with Crippen molar-refractivity contribution in [2.75, 3.05) is 0 Å². The van der Waals surface area contributed by atoms with Crippen molar-refractivity contribution in [2.45, 2.75) is 154 Å². The average molecular weight is 756 g/mol. The first-order chi connectivity index (χ1) is 25.6. The number of aromatic nitrogens is 5. The van der Waals surface area contributed by atoms with Crippen LogP contribution in [0.3, 0.4) is 0 Å². The van der Waals surface area contributed by atoms with Gasteiger partial charge in [-0.25, -0.2) is 9.48 Å². The van der Waals surface area contributed by atoms with Gasteiger partial charge in [0, 0.05) is 18.7 Å². The van der Waals surface area contributed by atoms with Gasteiger partial charge >= 0.3 is 11.7 Å². The fourth-order valence-electron chi connectivity index (χ4n) is 12.2. The molecule has 8 rings (SSSR count). The number of aliphatic hydroxyl groups excluding tert-OH is 3. The summed E-state index contributed by atoms with van der Waals surface area (Å²) in [6, 6.07) is 1.25. The van der Waals surface area contributed by atoms with Gasteiger partial charge in [-0.2, -0.15) is 0 Å². The number of hydrogen-bond acceptors (Lipinski definition) is 12. The summed E-state index contributed by atoms with van der Waals surface area (Å²) in [5.41, 5.74) is -0.939. The third-order valence-electron chi connectivity index (χ3n) is 14.9. The SMILES string of the molecule is CC(CCC(=O)OCc1cn(CC2OC(n3ccc(=O)[nH]c3=O)[C@@H]3OC(C)(C)O[C@H]23)nn1)[C@H]1CCC2C3C(C[C@H](O)[C@@]21C)[C@@]1(C)CC[C@@H](O)CC1C[C@H]3O. The van der Waals surface area contributed by atoms with Crippen LogP contribution in [0.5, 0.6) is 0 Å². The Hall–Kier alpha value is -2.95. The zero-order chi connectivity index (χ0) is 38.3. The second kappa shape index (κ2) is 13.9. The molecular weight excluding hydrogens is 698 g/mol. The third kappa shape index (κ3) is 6.49. The molecule has 4 aliphatic carbocycles. The van der Waals surface area contributed by atoms with Gasteiger partial charge in [-0.1, -0.05) is 26.0 Å². The smallest absolute Gasteiger partial charge is 0.330 e. The molecule has 2 aliphatic heterocycles. The lowest BCUT2D eigenvalue weighted by molar-refractivity contribution is -0.207. The van der Waals surface area contributed by atoms with Crippen LogP contribution in [-0.2, 0) is 36.9 Å². The second-order valence-corrected chi connectivity index (χ2v) is 18.3. The molecule has 7 unspecified atom stereocenters. The molecule has 2 aromatic rings. The summed E-state index contributed by atoms with van der Waals surface area (Å²) in [7, 11) is 0. The normalized spacial score (nSPS) is 42.8. The van der Waals surface area contributed by atoms with Crippen LogP contribution in [0, 0.1) is 46.3 Å². The number of hydrogen-bond donors (Lipinski definition) is 4. The van der Waals surface area contributed by atoms with Crippen molar-refractivity contribution in [1.29, 1.82) is 0 Å². The third-order valence-corrected chi connectivity index (χ3v) is 14.9. The van der Waals surface area contributed by atoms with Crippen molar-refractivity contribution in [3.63, 3.8) is 0 Å². The van der Waals surface area contributed by atoms with Crippen LogP contribution >= 0.6 is 0 Å². The molecule has 15 heteroatoms. The summed E-state index contributed by atoms with van der Waals surface area (Å²) >= 11 is 0. The molecule has 4 saturated carbocycles. The highest BCUT2D eigenvalue weighted by Crippen LogP contribution is 2.68. The molecule has 6 fully saturated rings.